The van der Waals surface area contributed by atoms with Gasteiger partial charge in [0.2, 0.25) is 11.8 Å². The Morgan fingerprint density at radius 1 is 1.15 bits per heavy atom. The molecule has 1 aliphatic heterocycles. The third-order valence-electron chi connectivity index (χ3n) is 4.27. The monoisotopic (exact) mass is 394 g/mol. The number of anilines is 1. The Morgan fingerprint density at radius 3 is 2.50 bits per heavy atom. The normalized spacial score (nSPS) is 14.0. The van der Waals surface area contributed by atoms with Crippen LogP contribution in [-0.2, 0) is 16.0 Å². The largest absolute Gasteiger partial charge is 0.324 e. The SMILES string of the molecule is O=C1CCCN1CN(C(=O)Cc1ccc(Cl)cc1)c1ccc(F)c(Cl)c1. The van der Waals surface area contributed by atoms with Gasteiger partial charge in [-0.3, -0.25) is 14.5 Å². The van der Waals surface area contributed by atoms with E-state index in [2.05, 4.69) is 0 Å². The second-order valence-corrected chi connectivity index (χ2v) is 6.97. The summed E-state index contributed by atoms with van der Waals surface area (Å²) in [5.41, 5.74) is 1.25. The van der Waals surface area contributed by atoms with Crippen LogP contribution in [0.25, 0.3) is 0 Å². The highest BCUT2D eigenvalue weighted by Crippen LogP contribution is 2.25. The predicted octanol–water partition coefficient (Wildman–Crippen LogP) is 4.29. The number of likely N-dealkylation sites (tertiary alicyclic amines) is 1. The Kier molecular flexibility index (Phi) is 5.79. The third kappa shape index (κ3) is 4.34. The first kappa shape index (κ1) is 18.7. The highest BCUT2D eigenvalue weighted by Gasteiger charge is 2.26. The van der Waals surface area contributed by atoms with E-state index in [4.69, 9.17) is 23.2 Å². The molecule has 1 heterocycles. The van der Waals surface area contributed by atoms with Gasteiger partial charge in [0, 0.05) is 23.7 Å². The van der Waals surface area contributed by atoms with Crippen molar-refractivity contribution >= 4 is 40.7 Å². The molecule has 26 heavy (non-hydrogen) atoms. The zero-order valence-corrected chi connectivity index (χ0v) is 15.4. The summed E-state index contributed by atoms with van der Waals surface area (Å²) in [5, 5.41) is 0.519. The van der Waals surface area contributed by atoms with E-state index in [0.717, 1.165) is 12.0 Å². The van der Waals surface area contributed by atoms with Crippen LogP contribution in [0.5, 0.6) is 0 Å². The van der Waals surface area contributed by atoms with Crippen molar-refractivity contribution in [3.63, 3.8) is 0 Å². The van der Waals surface area contributed by atoms with Crippen LogP contribution < -0.4 is 4.90 Å². The summed E-state index contributed by atoms with van der Waals surface area (Å²) >= 11 is 11.8. The quantitative estimate of drug-likeness (QED) is 0.758. The topological polar surface area (TPSA) is 40.6 Å². The highest BCUT2D eigenvalue weighted by atomic mass is 35.5. The smallest absolute Gasteiger partial charge is 0.232 e. The van der Waals surface area contributed by atoms with Gasteiger partial charge in [0.05, 0.1) is 11.4 Å². The maximum absolute atomic E-state index is 13.5. The zero-order chi connectivity index (χ0) is 18.7. The number of amides is 2. The van der Waals surface area contributed by atoms with Crippen LogP contribution >= 0.6 is 23.2 Å². The molecule has 1 aliphatic rings. The van der Waals surface area contributed by atoms with E-state index in [1.165, 1.54) is 23.1 Å². The van der Waals surface area contributed by atoms with Gasteiger partial charge in [-0.2, -0.15) is 0 Å². The molecular weight excluding hydrogens is 378 g/mol. The van der Waals surface area contributed by atoms with Crippen molar-refractivity contribution < 1.29 is 14.0 Å². The first-order valence-electron chi connectivity index (χ1n) is 8.21. The second-order valence-electron chi connectivity index (χ2n) is 6.13. The summed E-state index contributed by atoms with van der Waals surface area (Å²) in [5.74, 6) is -0.769. The predicted molar refractivity (Wildman–Crippen MR) is 99.9 cm³/mol. The summed E-state index contributed by atoms with van der Waals surface area (Å²) in [4.78, 5) is 28.0. The lowest BCUT2D eigenvalue weighted by Crippen LogP contribution is -2.43. The third-order valence-corrected chi connectivity index (χ3v) is 4.81. The van der Waals surface area contributed by atoms with Crippen LogP contribution in [0, 0.1) is 5.82 Å². The van der Waals surface area contributed by atoms with Crippen LogP contribution in [0.2, 0.25) is 10.0 Å². The van der Waals surface area contributed by atoms with Crippen molar-refractivity contribution in [2.24, 2.45) is 0 Å². The fraction of sp³-hybridized carbons (Fsp3) is 0.263. The molecule has 0 saturated carbocycles. The fourth-order valence-corrected chi connectivity index (χ4v) is 3.15. The lowest BCUT2D eigenvalue weighted by molar-refractivity contribution is -0.128. The molecule has 0 atom stereocenters. The molecule has 0 spiro atoms. The molecule has 0 bridgehead atoms. The number of hydrogen-bond acceptors (Lipinski definition) is 2. The molecule has 0 unspecified atom stereocenters. The molecule has 0 radical (unpaired) electrons. The Morgan fingerprint density at radius 2 is 1.88 bits per heavy atom. The molecule has 1 saturated heterocycles. The molecule has 2 amide bonds. The minimum Gasteiger partial charge on any atom is -0.324 e. The summed E-state index contributed by atoms with van der Waals surface area (Å²) in [6.45, 7) is 0.714. The second kappa shape index (κ2) is 8.06. The lowest BCUT2D eigenvalue weighted by atomic mass is 10.1. The van der Waals surface area contributed by atoms with E-state index in [1.54, 1.807) is 29.2 Å². The van der Waals surface area contributed by atoms with E-state index >= 15 is 0 Å². The number of hydrogen-bond donors (Lipinski definition) is 0. The molecule has 1 fully saturated rings. The number of carbonyl (C=O) groups excluding carboxylic acids is 2. The number of benzene rings is 2. The highest BCUT2D eigenvalue weighted by molar-refractivity contribution is 6.31. The van der Waals surface area contributed by atoms with Gasteiger partial charge in [0.1, 0.15) is 12.5 Å². The Balaban J connectivity index is 1.85. The van der Waals surface area contributed by atoms with Crippen molar-refractivity contribution in [2.45, 2.75) is 19.3 Å². The molecule has 7 heteroatoms. The van der Waals surface area contributed by atoms with Crippen LogP contribution in [0.3, 0.4) is 0 Å². The van der Waals surface area contributed by atoms with Crippen LogP contribution in [0.4, 0.5) is 10.1 Å². The maximum atomic E-state index is 13.5. The number of halogens is 3. The van der Waals surface area contributed by atoms with Crippen molar-refractivity contribution in [2.75, 3.05) is 18.1 Å². The van der Waals surface area contributed by atoms with Gasteiger partial charge in [0.25, 0.3) is 0 Å². The van der Waals surface area contributed by atoms with Gasteiger partial charge in [-0.1, -0.05) is 35.3 Å². The molecule has 3 rings (SSSR count). The Hall–Kier alpha value is -2.11. The molecule has 0 N–H and O–H groups in total. The van der Waals surface area contributed by atoms with E-state index < -0.39 is 5.82 Å². The van der Waals surface area contributed by atoms with Crippen LogP contribution in [0.15, 0.2) is 42.5 Å². The van der Waals surface area contributed by atoms with Gasteiger partial charge in [0.15, 0.2) is 0 Å². The standard InChI is InChI=1S/C19H17Cl2FN2O2/c20-14-5-3-13(4-6-14)10-19(26)24(12-23-9-1-2-18(23)25)15-7-8-17(22)16(21)11-15/h3-8,11H,1-2,9-10,12H2. The zero-order valence-electron chi connectivity index (χ0n) is 13.9. The minimum atomic E-state index is -0.558. The molecule has 4 nitrogen and oxygen atoms in total. The number of carbonyl (C=O) groups is 2. The molecule has 0 aliphatic carbocycles. The van der Waals surface area contributed by atoms with Crippen molar-refractivity contribution in [3.05, 3.63) is 63.9 Å². The van der Waals surface area contributed by atoms with E-state index in [1.807, 2.05) is 0 Å². The summed E-state index contributed by atoms with van der Waals surface area (Å²) < 4.78 is 13.5. The van der Waals surface area contributed by atoms with Crippen LogP contribution in [0.1, 0.15) is 18.4 Å². The van der Waals surface area contributed by atoms with E-state index in [0.29, 0.717) is 23.7 Å². The van der Waals surface area contributed by atoms with Crippen LogP contribution in [-0.4, -0.2) is 29.9 Å². The minimum absolute atomic E-state index is 0.00232. The van der Waals surface area contributed by atoms with Crippen molar-refractivity contribution in [1.29, 1.82) is 0 Å². The van der Waals surface area contributed by atoms with E-state index in [-0.39, 0.29) is 29.9 Å². The van der Waals surface area contributed by atoms with Crippen molar-refractivity contribution in [1.82, 2.24) is 4.90 Å². The molecular formula is C19H17Cl2FN2O2. The average molecular weight is 395 g/mol. The maximum Gasteiger partial charge on any atom is 0.232 e. The Labute approximate surface area is 161 Å². The van der Waals surface area contributed by atoms with Crippen molar-refractivity contribution in [3.8, 4) is 0 Å². The first-order chi connectivity index (χ1) is 12.4. The van der Waals surface area contributed by atoms with Gasteiger partial charge in [-0.05, 0) is 42.3 Å². The van der Waals surface area contributed by atoms with Gasteiger partial charge >= 0.3 is 0 Å². The number of rotatable bonds is 5. The van der Waals surface area contributed by atoms with Gasteiger partial charge in [-0.25, -0.2) is 4.39 Å². The molecule has 2 aromatic carbocycles. The summed E-state index contributed by atoms with van der Waals surface area (Å²) in [6.07, 6.45) is 1.37. The van der Waals surface area contributed by atoms with Gasteiger partial charge < -0.3 is 4.90 Å². The first-order valence-corrected chi connectivity index (χ1v) is 8.97. The summed E-state index contributed by atoms with van der Waals surface area (Å²) in [7, 11) is 0. The Bertz CT molecular complexity index is 827. The molecule has 0 aromatic heterocycles. The fourth-order valence-electron chi connectivity index (χ4n) is 2.85. The van der Waals surface area contributed by atoms with Gasteiger partial charge in [-0.15, -0.1) is 0 Å². The lowest BCUT2D eigenvalue weighted by Gasteiger charge is -2.28. The molecule has 2 aromatic rings. The number of nitrogens with zero attached hydrogens (tertiary/aromatic N) is 2. The van der Waals surface area contributed by atoms with E-state index in [9.17, 15) is 14.0 Å². The summed E-state index contributed by atoms with van der Waals surface area (Å²) in [6, 6.07) is 11.1. The average Bonchev–Trinajstić information content (AvgIpc) is 3.02. The molecule has 136 valence electrons.